The van der Waals surface area contributed by atoms with Crippen molar-refractivity contribution in [2.24, 2.45) is 0 Å². The van der Waals surface area contributed by atoms with Crippen molar-refractivity contribution in [1.82, 2.24) is 0 Å². The zero-order valence-electron chi connectivity index (χ0n) is 4.62. The molecule has 10 heavy (non-hydrogen) atoms. The molecule has 0 amide bonds. The topological polar surface area (TPSA) is 186 Å². The van der Waals surface area contributed by atoms with Crippen LogP contribution in [0.2, 0.25) is 0 Å². The van der Waals surface area contributed by atoms with Gasteiger partial charge < -0.3 is 36.9 Å². The van der Waals surface area contributed by atoms with E-state index in [0.29, 0.717) is 0 Å². The molecule has 6 N–H and O–H groups in total. The van der Waals surface area contributed by atoms with Gasteiger partial charge in [-0.1, -0.05) is 0 Å². The maximum atomic E-state index is 8.33. The molecule has 0 saturated carbocycles. The Balaban J connectivity index is -0.00000000300. The van der Waals surface area contributed by atoms with E-state index < -0.39 is 6.16 Å². The first-order chi connectivity index (χ1) is 1.73. The summed E-state index contributed by atoms with van der Waals surface area (Å²) >= 11 is 0. The van der Waals surface area contributed by atoms with Crippen LogP contribution in [-0.2, 0) is 52.4 Å². The Kier molecular flexibility index (Phi) is 366. The predicted octanol–water partition coefficient (Wildman–Crippen LogP) is -4.45. The fourth-order valence-electron chi connectivity index (χ4n) is 0. The third-order valence-corrected chi connectivity index (χ3v) is 0. The number of carbonyl (C=O) groups is 1. The summed E-state index contributed by atoms with van der Waals surface area (Å²) < 4.78 is 0. The van der Waals surface area contributed by atoms with E-state index in [1.165, 1.54) is 0 Å². The third-order valence-electron chi connectivity index (χ3n) is 0. The molecule has 0 aromatic heterocycles. The smallest absolute Gasteiger partial charge is 0.870 e. The quantitative estimate of drug-likeness (QED) is 0.435. The first-order valence-electron chi connectivity index (χ1n) is 0.612. The number of carboxylic acid groups (broad SMARTS) is 2. The van der Waals surface area contributed by atoms with Gasteiger partial charge in [-0.3, -0.25) is 0 Å². The molecule has 0 aromatic rings. The predicted molar refractivity (Wildman–Crippen MR) is 16.5 cm³/mol. The van der Waals surface area contributed by atoms with E-state index in [1.54, 1.807) is 0 Å². The standard InChI is InChI=1S/CH2O3.4H2O.2Zr/c2-1(3)4;;;;;;/h(H2,2,3,4);4*1H2;;/q;;;;;2*+2/p-4. The SMILES string of the molecule is O.O.O=C([O-])[O-].[OH-].[OH-].[Zr+2].[Zr+2]. The van der Waals surface area contributed by atoms with Crippen molar-refractivity contribution in [2.45, 2.75) is 0 Å². The Morgan fingerprint density at radius 1 is 0.900 bits per heavy atom. The summed E-state index contributed by atoms with van der Waals surface area (Å²) in [5.41, 5.74) is 0. The Hall–Kier alpha value is 0.876. The van der Waals surface area contributed by atoms with Crippen LogP contribution in [-0.4, -0.2) is 28.1 Å². The van der Waals surface area contributed by atoms with Gasteiger partial charge in [0.1, 0.15) is 0 Å². The minimum atomic E-state index is -2.33. The van der Waals surface area contributed by atoms with Crippen molar-refractivity contribution in [3.8, 4) is 0 Å². The molecular weight excluding hydrogens is 306 g/mol. The van der Waals surface area contributed by atoms with Crippen molar-refractivity contribution in [2.75, 3.05) is 0 Å². The van der Waals surface area contributed by atoms with E-state index >= 15 is 0 Å². The molecule has 9 heteroatoms. The summed E-state index contributed by atoms with van der Waals surface area (Å²) in [5, 5.41) is 16.7. The molecule has 0 bridgehead atoms. The zero-order valence-corrected chi connectivity index (χ0v) is 9.54. The monoisotopic (exact) mass is 310 g/mol. The van der Waals surface area contributed by atoms with Gasteiger partial charge in [0.2, 0.25) is 0 Å². The van der Waals surface area contributed by atoms with Crippen LogP contribution in [0.4, 0.5) is 4.79 Å². The van der Waals surface area contributed by atoms with Crippen LogP contribution >= 0.6 is 0 Å². The Bertz CT molecular complexity index is 34.6. The number of hydrogen-bond acceptors (Lipinski definition) is 5. The molecule has 0 aliphatic heterocycles. The van der Waals surface area contributed by atoms with Crippen LogP contribution < -0.4 is 10.2 Å². The summed E-state index contributed by atoms with van der Waals surface area (Å²) in [4.78, 5) is 8.33. The van der Waals surface area contributed by atoms with E-state index in [-0.39, 0.29) is 74.3 Å². The molecule has 0 spiro atoms. The molecule has 0 fully saturated rings. The second-order valence-corrected chi connectivity index (χ2v) is 0.250. The second kappa shape index (κ2) is 51.8. The van der Waals surface area contributed by atoms with Crippen LogP contribution in [0, 0.1) is 0 Å². The molecule has 0 aliphatic carbocycles. The molecule has 0 unspecified atom stereocenters. The van der Waals surface area contributed by atoms with Gasteiger partial charge in [-0.05, 0) is 6.16 Å². The van der Waals surface area contributed by atoms with Crippen molar-refractivity contribution in [3.05, 3.63) is 0 Å². The van der Waals surface area contributed by atoms with E-state index in [4.69, 9.17) is 15.0 Å². The van der Waals surface area contributed by atoms with Gasteiger partial charge in [0, 0.05) is 0 Å². The molecule has 0 atom stereocenters. The molecule has 0 radical (unpaired) electrons. The summed E-state index contributed by atoms with van der Waals surface area (Å²) in [6.07, 6.45) is -2.33. The summed E-state index contributed by atoms with van der Waals surface area (Å²) in [6.45, 7) is 0. The van der Waals surface area contributed by atoms with Crippen molar-refractivity contribution >= 4 is 6.16 Å². The number of carbonyl (C=O) groups excluding carboxylic acids is 1. The average molecular weight is 312 g/mol. The molecule has 0 heterocycles. The molecule has 60 valence electrons. The van der Waals surface area contributed by atoms with Gasteiger partial charge in [0.25, 0.3) is 0 Å². The molecule has 0 aliphatic rings. The molecular formula is CH6O7Zr2. The van der Waals surface area contributed by atoms with Crippen LogP contribution in [0.1, 0.15) is 0 Å². The van der Waals surface area contributed by atoms with Crippen LogP contribution in [0.3, 0.4) is 0 Å². The molecule has 0 rings (SSSR count). The summed E-state index contributed by atoms with van der Waals surface area (Å²) in [6, 6.07) is 0. The van der Waals surface area contributed by atoms with Gasteiger partial charge in [0.15, 0.2) is 0 Å². The van der Waals surface area contributed by atoms with E-state index in [0.717, 1.165) is 0 Å². The molecule has 0 saturated heterocycles. The zero-order chi connectivity index (χ0) is 3.58. The largest absolute Gasteiger partial charge is 2.00 e. The van der Waals surface area contributed by atoms with Gasteiger partial charge in [-0.2, -0.15) is 0 Å². The third kappa shape index (κ3) is 717. The summed E-state index contributed by atoms with van der Waals surface area (Å²) in [5.74, 6) is 0. The van der Waals surface area contributed by atoms with Gasteiger partial charge in [-0.15, -0.1) is 0 Å². The van der Waals surface area contributed by atoms with Crippen molar-refractivity contribution in [1.29, 1.82) is 0 Å². The number of hydrogen-bond donors (Lipinski definition) is 0. The average Bonchev–Trinajstić information content (AvgIpc) is 0.811. The Labute approximate surface area is 94.9 Å². The second-order valence-electron chi connectivity index (χ2n) is 0.250. The first kappa shape index (κ1) is 70.6. The van der Waals surface area contributed by atoms with Crippen LogP contribution in [0.5, 0.6) is 0 Å². The maximum absolute atomic E-state index is 8.33. The first-order valence-corrected chi connectivity index (χ1v) is 0.612. The molecule has 7 nitrogen and oxygen atoms in total. The van der Waals surface area contributed by atoms with Gasteiger partial charge in [0.05, 0.1) is 0 Å². The Morgan fingerprint density at radius 3 is 0.900 bits per heavy atom. The molecule has 0 aromatic carbocycles. The fourth-order valence-corrected chi connectivity index (χ4v) is 0. The normalized spacial score (nSPS) is 2.40. The minimum absolute atomic E-state index is 0. The summed E-state index contributed by atoms with van der Waals surface area (Å²) in [7, 11) is 0. The minimum Gasteiger partial charge on any atom is -0.870 e. The Morgan fingerprint density at radius 2 is 0.900 bits per heavy atom. The maximum Gasteiger partial charge on any atom is 2.00 e. The van der Waals surface area contributed by atoms with E-state index in [9.17, 15) is 0 Å². The van der Waals surface area contributed by atoms with Crippen molar-refractivity contribution < 1.29 is 89.3 Å². The van der Waals surface area contributed by atoms with Crippen LogP contribution in [0.25, 0.3) is 0 Å². The van der Waals surface area contributed by atoms with Crippen LogP contribution in [0.15, 0.2) is 0 Å². The van der Waals surface area contributed by atoms with E-state index in [2.05, 4.69) is 0 Å². The van der Waals surface area contributed by atoms with Crippen molar-refractivity contribution in [3.63, 3.8) is 0 Å². The fraction of sp³-hybridized carbons (Fsp3) is 0. The van der Waals surface area contributed by atoms with E-state index in [1.807, 2.05) is 0 Å². The van der Waals surface area contributed by atoms with Gasteiger partial charge >= 0.3 is 52.4 Å². The van der Waals surface area contributed by atoms with Gasteiger partial charge in [-0.25, -0.2) is 0 Å². The number of rotatable bonds is 0.